The molecule has 0 fully saturated rings. The Labute approximate surface area is 252 Å². The number of amides is 4. The molecule has 14 heteroatoms. The van der Waals surface area contributed by atoms with E-state index in [1.165, 1.54) is 12.5 Å². The first-order valence-electron chi connectivity index (χ1n) is 13.8. The quantitative estimate of drug-likeness (QED) is 0.0893. The molecule has 2 heterocycles. The Morgan fingerprint density at radius 3 is 2.09 bits per heavy atom. The van der Waals surface area contributed by atoms with Gasteiger partial charge in [-0.2, -0.15) is 0 Å². The van der Waals surface area contributed by atoms with Crippen molar-refractivity contribution in [2.75, 3.05) is 0 Å². The zero-order valence-corrected chi connectivity index (χ0v) is 23.7. The summed E-state index contributed by atoms with van der Waals surface area (Å²) < 4.78 is 0. The number of nitrogens with two attached hydrogens (primary N) is 2. The number of hydrogen-bond acceptors (Lipinski definition) is 7. The van der Waals surface area contributed by atoms with E-state index in [1.807, 2.05) is 24.3 Å². The van der Waals surface area contributed by atoms with E-state index in [0.717, 1.165) is 10.9 Å². The number of hydrogen-bond donors (Lipinski definition) is 8. The summed E-state index contributed by atoms with van der Waals surface area (Å²) in [5, 5.41) is 18.4. The van der Waals surface area contributed by atoms with Crippen LogP contribution in [0.1, 0.15) is 23.2 Å². The van der Waals surface area contributed by atoms with E-state index in [2.05, 4.69) is 30.9 Å². The van der Waals surface area contributed by atoms with E-state index in [0.29, 0.717) is 16.8 Å². The third-order valence-corrected chi connectivity index (χ3v) is 7.00. The molecule has 4 unspecified atom stereocenters. The molecule has 4 aromatic rings. The standard InChI is InChI=1S/C30H34N8O6/c31-21(13-26(32)39)27(40)36-24(11-18-14-34-22-9-5-4-8-20(18)22)29(42)37-23(10-17-6-2-1-3-7-17)28(41)38-25(30(43)44)12-19-15-33-16-35-19/h1-9,14-16,21,23-25,34H,10-13,31H2,(H2,32,39)(H,33,35)(H,36,40)(H,37,42)(H,38,41)(H,43,44). The predicted molar refractivity (Wildman–Crippen MR) is 160 cm³/mol. The Hall–Kier alpha value is -5.50. The maximum Gasteiger partial charge on any atom is 0.326 e. The molecule has 4 amide bonds. The number of carbonyl (C=O) groups excluding carboxylic acids is 4. The Balaban J connectivity index is 1.59. The second kappa shape index (κ2) is 14.6. The molecule has 0 spiro atoms. The summed E-state index contributed by atoms with van der Waals surface area (Å²) in [4.78, 5) is 73.3. The molecule has 10 N–H and O–H groups in total. The SMILES string of the molecule is NC(=O)CC(N)C(=O)NC(Cc1c[nH]c2ccccc12)C(=O)NC(Cc1ccccc1)C(=O)NC(Cc1cnc[nH]1)C(=O)O. The fourth-order valence-electron chi connectivity index (χ4n) is 4.74. The third-order valence-electron chi connectivity index (χ3n) is 7.00. The fourth-order valence-corrected chi connectivity index (χ4v) is 4.74. The van der Waals surface area contributed by atoms with Crippen molar-refractivity contribution >= 4 is 40.5 Å². The summed E-state index contributed by atoms with van der Waals surface area (Å²) >= 11 is 0. The van der Waals surface area contributed by atoms with Crippen molar-refractivity contribution in [3.63, 3.8) is 0 Å². The van der Waals surface area contributed by atoms with Gasteiger partial charge in [0.1, 0.15) is 18.1 Å². The number of aliphatic carboxylic acids is 1. The first kappa shape index (κ1) is 31.4. The summed E-state index contributed by atoms with van der Waals surface area (Å²) in [5.41, 5.74) is 13.8. The third kappa shape index (κ3) is 8.51. The van der Waals surface area contributed by atoms with E-state index < -0.39 is 60.2 Å². The summed E-state index contributed by atoms with van der Waals surface area (Å²) in [6.07, 6.45) is 4.11. The molecule has 0 aliphatic rings. The Morgan fingerprint density at radius 2 is 1.43 bits per heavy atom. The fraction of sp³-hybridized carbons (Fsp3) is 0.267. The lowest BCUT2D eigenvalue weighted by molar-refractivity contribution is -0.142. The highest BCUT2D eigenvalue weighted by atomic mass is 16.4. The summed E-state index contributed by atoms with van der Waals surface area (Å²) in [6.45, 7) is 0. The lowest BCUT2D eigenvalue weighted by Crippen LogP contribution is -2.58. The van der Waals surface area contributed by atoms with E-state index in [-0.39, 0.29) is 19.3 Å². The number of H-pyrrole nitrogens is 2. The van der Waals surface area contributed by atoms with Crippen molar-refractivity contribution in [1.29, 1.82) is 0 Å². The molecule has 4 rings (SSSR count). The van der Waals surface area contributed by atoms with Gasteiger partial charge in [0, 0.05) is 48.3 Å². The highest BCUT2D eigenvalue weighted by molar-refractivity contribution is 5.96. The molecule has 2 aromatic carbocycles. The summed E-state index contributed by atoms with van der Waals surface area (Å²) in [7, 11) is 0. The number of carboxylic acid groups (broad SMARTS) is 1. The van der Waals surface area contributed by atoms with Crippen LogP contribution in [-0.4, -0.2) is 73.8 Å². The first-order valence-corrected chi connectivity index (χ1v) is 13.8. The molecule has 14 nitrogen and oxygen atoms in total. The van der Waals surface area contributed by atoms with Gasteiger partial charge in [0.15, 0.2) is 0 Å². The van der Waals surface area contributed by atoms with Gasteiger partial charge in [-0.1, -0.05) is 48.5 Å². The van der Waals surface area contributed by atoms with Gasteiger partial charge in [0.05, 0.1) is 18.8 Å². The van der Waals surface area contributed by atoms with Gasteiger partial charge in [-0.3, -0.25) is 19.2 Å². The number of primary amides is 1. The summed E-state index contributed by atoms with van der Waals surface area (Å²) in [5.74, 6) is -4.29. The van der Waals surface area contributed by atoms with Crippen molar-refractivity contribution in [3.8, 4) is 0 Å². The van der Waals surface area contributed by atoms with Crippen LogP contribution in [0.4, 0.5) is 0 Å². The number of carboxylic acids is 1. The monoisotopic (exact) mass is 602 g/mol. The Kier molecular flexibility index (Phi) is 10.4. The van der Waals surface area contributed by atoms with Gasteiger partial charge in [-0.25, -0.2) is 9.78 Å². The first-order chi connectivity index (χ1) is 21.1. The van der Waals surface area contributed by atoms with Crippen LogP contribution >= 0.6 is 0 Å². The number of fused-ring (bicyclic) bond motifs is 1. The maximum absolute atomic E-state index is 13.8. The normalized spacial score (nSPS) is 13.8. The van der Waals surface area contributed by atoms with Gasteiger partial charge in [0.25, 0.3) is 0 Å². The largest absolute Gasteiger partial charge is 0.480 e. The zero-order chi connectivity index (χ0) is 31.6. The Morgan fingerprint density at radius 1 is 0.795 bits per heavy atom. The van der Waals surface area contributed by atoms with Crippen molar-refractivity contribution in [1.82, 2.24) is 30.9 Å². The number of para-hydroxylation sites is 1. The zero-order valence-electron chi connectivity index (χ0n) is 23.7. The molecule has 0 radical (unpaired) electrons. The van der Waals surface area contributed by atoms with E-state index >= 15 is 0 Å². The number of benzene rings is 2. The topological polar surface area (TPSA) is 238 Å². The lowest BCUT2D eigenvalue weighted by atomic mass is 10.0. The molecule has 44 heavy (non-hydrogen) atoms. The van der Waals surface area contributed by atoms with Gasteiger partial charge in [-0.15, -0.1) is 0 Å². The average molecular weight is 603 g/mol. The van der Waals surface area contributed by atoms with Crippen molar-refractivity contribution in [2.24, 2.45) is 11.5 Å². The van der Waals surface area contributed by atoms with Crippen LogP contribution in [0.2, 0.25) is 0 Å². The number of aromatic amines is 2. The van der Waals surface area contributed by atoms with Crippen LogP contribution in [0.25, 0.3) is 10.9 Å². The molecular formula is C30H34N8O6. The van der Waals surface area contributed by atoms with Gasteiger partial charge in [0.2, 0.25) is 23.6 Å². The van der Waals surface area contributed by atoms with Crippen molar-refractivity contribution in [2.45, 2.75) is 49.9 Å². The molecule has 0 bridgehead atoms. The highest BCUT2D eigenvalue weighted by Gasteiger charge is 2.31. The molecule has 0 saturated heterocycles. The number of nitrogens with one attached hydrogen (secondary N) is 5. The van der Waals surface area contributed by atoms with Crippen LogP contribution < -0.4 is 27.4 Å². The van der Waals surface area contributed by atoms with E-state index in [9.17, 15) is 29.1 Å². The molecule has 2 aromatic heterocycles. The van der Waals surface area contributed by atoms with E-state index in [1.54, 1.807) is 36.5 Å². The number of nitrogens with zero attached hydrogens (tertiary/aromatic N) is 1. The molecular weight excluding hydrogens is 568 g/mol. The van der Waals surface area contributed by atoms with Crippen LogP contribution in [-0.2, 0) is 43.2 Å². The highest BCUT2D eigenvalue weighted by Crippen LogP contribution is 2.19. The molecule has 4 atom stereocenters. The smallest absolute Gasteiger partial charge is 0.326 e. The average Bonchev–Trinajstić information content (AvgIpc) is 3.66. The Bertz CT molecular complexity index is 1600. The van der Waals surface area contributed by atoms with Crippen molar-refractivity contribution in [3.05, 3.63) is 90.1 Å². The second-order valence-electron chi connectivity index (χ2n) is 10.3. The van der Waals surface area contributed by atoms with Gasteiger partial charge >= 0.3 is 5.97 Å². The minimum Gasteiger partial charge on any atom is -0.480 e. The van der Waals surface area contributed by atoms with Crippen LogP contribution in [0.5, 0.6) is 0 Å². The number of carbonyl (C=O) groups is 5. The summed E-state index contributed by atoms with van der Waals surface area (Å²) in [6, 6.07) is 11.2. The van der Waals surface area contributed by atoms with Gasteiger partial charge < -0.3 is 42.5 Å². The lowest BCUT2D eigenvalue weighted by Gasteiger charge is -2.25. The van der Waals surface area contributed by atoms with Crippen LogP contribution in [0, 0.1) is 0 Å². The number of imidazole rings is 1. The van der Waals surface area contributed by atoms with Crippen LogP contribution in [0.15, 0.2) is 73.3 Å². The second-order valence-corrected chi connectivity index (χ2v) is 10.3. The number of rotatable bonds is 15. The molecule has 0 aliphatic heterocycles. The minimum absolute atomic E-state index is 0.0160. The molecule has 230 valence electrons. The van der Waals surface area contributed by atoms with E-state index in [4.69, 9.17) is 11.5 Å². The van der Waals surface area contributed by atoms with Crippen molar-refractivity contribution < 1.29 is 29.1 Å². The molecule has 0 aliphatic carbocycles. The predicted octanol–water partition coefficient (Wildman–Crippen LogP) is -0.339. The van der Waals surface area contributed by atoms with Crippen LogP contribution in [0.3, 0.4) is 0 Å². The molecule has 0 saturated carbocycles. The maximum atomic E-state index is 13.8. The minimum atomic E-state index is -1.31. The van der Waals surface area contributed by atoms with Gasteiger partial charge in [-0.05, 0) is 17.2 Å². The number of aromatic nitrogens is 3.